The van der Waals surface area contributed by atoms with Gasteiger partial charge in [0.1, 0.15) is 0 Å². The van der Waals surface area contributed by atoms with Crippen molar-refractivity contribution in [3.05, 3.63) is 41.4 Å². The van der Waals surface area contributed by atoms with Crippen LogP contribution < -0.4 is 10.6 Å². The molecule has 0 saturated heterocycles. The largest absolute Gasteiger partial charge is 0.326 e. The van der Waals surface area contributed by atoms with Gasteiger partial charge in [-0.25, -0.2) is 4.98 Å². The molecule has 116 valence electrons. The highest BCUT2D eigenvalue weighted by molar-refractivity contribution is 7.13. The Bertz CT molecular complexity index is 637. The first-order valence-corrected chi connectivity index (χ1v) is 8.13. The Kier molecular flexibility index (Phi) is 5.66. The van der Waals surface area contributed by atoms with Crippen molar-refractivity contribution in [2.45, 2.75) is 26.7 Å². The summed E-state index contributed by atoms with van der Waals surface area (Å²) in [6, 6.07) is 6.90. The van der Waals surface area contributed by atoms with Gasteiger partial charge < -0.3 is 5.32 Å². The average Bonchev–Trinajstić information content (AvgIpc) is 3.01. The highest BCUT2D eigenvalue weighted by Crippen LogP contribution is 2.17. The summed E-state index contributed by atoms with van der Waals surface area (Å²) in [4.78, 5) is 28.2. The summed E-state index contributed by atoms with van der Waals surface area (Å²) in [6.07, 6.45) is 3.23. The molecule has 2 amide bonds. The van der Waals surface area contributed by atoms with Gasteiger partial charge in [-0.2, -0.15) is 0 Å². The number of amides is 2. The van der Waals surface area contributed by atoms with E-state index in [1.54, 1.807) is 35.8 Å². The molecule has 0 aliphatic carbocycles. The first-order valence-electron chi connectivity index (χ1n) is 7.25. The Morgan fingerprint density at radius 1 is 1.23 bits per heavy atom. The van der Waals surface area contributed by atoms with Crippen LogP contribution in [-0.4, -0.2) is 16.8 Å². The number of aromatic nitrogens is 1. The predicted molar refractivity (Wildman–Crippen MR) is 89.2 cm³/mol. The van der Waals surface area contributed by atoms with E-state index in [1.165, 1.54) is 11.3 Å². The summed E-state index contributed by atoms with van der Waals surface area (Å²) in [6.45, 7) is 3.98. The molecule has 5 nitrogen and oxygen atoms in total. The van der Waals surface area contributed by atoms with Crippen LogP contribution in [0.1, 0.15) is 37.0 Å². The van der Waals surface area contributed by atoms with Crippen LogP contribution in [0.15, 0.2) is 35.8 Å². The summed E-state index contributed by atoms with van der Waals surface area (Å²) in [5.41, 5.74) is 1.11. The molecule has 0 bridgehead atoms. The van der Waals surface area contributed by atoms with Gasteiger partial charge in [0, 0.05) is 28.7 Å². The van der Waals surface area contributed by atoms with E-state index in [0.29, 0.717) is 16.4 Å². The minimum Gasteiger partial charge on any atom is -0.326 e. The number of hydrogen-bond donors (Lipinski definition) is 2. The lowest BCUT2D eigenvalue weighted by Gasteiger charge is -2.13. The van der Waals surface area contributed by atoms with Gasteiger partial charge in [0.05, 0.1) is 0 Å². The highest BCUT2D eigenvalue weighted by atomic mass is 32.1. The number of anilines is 2. The minimum absolute atomic E-state index is 0.00667. The van der Waals surface area contributed by atoms with E-state index in [-0.39, 0.29) is 17.7 Å². The fraction of sp³-hybridized carbons (Fsp3) is 0.312. The zero-order chi connectivity index (χ0) is 15.9. The molecule has 0 spiro atoms. The molecule has 0 fully saturated rings. The van der Waals surface area contributed by atoms with Crippen molar-refractivity contribution in [2.75, 3.05) is 10.6 Å². The Hall–Kier alpha value is -2.21. The number of nitrogens with zero attached hydrogens (tertiary/aromatic N) is 1. The first kappa shape index (κ1) is 16.2. The van der Waals surface area contributed by atoms with Crippen LogP contribution in [0.4, 0.5) is 10.8 Å². The first-order chi connectivity index (χ1) is 10.6. The molecule has 0 atom stereocenters. The van der Waals surface area contributed by atoms with E-state index in [4.69, 9.17) is 0 Å². The van der Waals surface area contributed by atoms with Crippen molar-refractivity contribution < 1.29 is 9.59 Å². The lowest BCUT2D eigenvalue weighted by atomic mass is 10.0. The van der Waals surface area contributed by atoms with Gasteiger partial charge in [-0.1, -0.05) is 19.9 Å². The molecule has 0 aliphatic rings. The smallest absolute Gasteiger partial charge is 0.257 e. The third-order valence-corrected chi connectivity index (χ3v) is 4.09. The Morgan fingerprint density at radius 2 is 2.00 bits per heavy atom. The molecule has 0 saturated carbocycles. The van der Waals surface area contributed by atoms with Crippen molar-refractivity contribution in [3.8, 4) is 0 Å². The maximum absolute atomic E-state index is 12.1. The van der Waals surface area contributed by atoms with Crippen LogP contribution in [0.25, 0.3) is 0 Å². The molecule has 1 aromatic carbocycles. The number of carbonyl (C=O) groups excluding carboxylic acids is 2. The lowest BCUT2D eigenvalue weighted by molar-refractivity contribution is -0.120. The molecule has 1 heterocycles. The molecular weight excluding hydrogens is 298 g/mol. The van der Waals surface area contributed by atoms with E-state index in [0.717, 1.165) is 12.8 Å². The average molecular weight is 317 g/mol. The monoisotopic (exact) mass is 317 g/mol. The van der Waals surface area contributed by atoms with E-state index in [2.05, 4.69) is 15.6 Å². The standard InChI is InChI=1S/C16H19N3O2S/c1-3-11(4-2)14(20)18-13-7-5-6-12(10-13)15(21)19-16-17-8-9-22-16/h5-11H,3-4H2,1-2H3,(H,18,20)(H,17,19,21). The van der Waals surface area contributed by atoms with Crippen molar-refractivity contribution in [2.24, 2.45) is 5.92 Å². The third-order valence-electron chi connectivity index (χ3n) is 3.40. The van der Waals surface area contributed by atoms with E-state index >= 15 is 0 Å². The Morgan fingerprint density at radius 3 is 2.64 bits per heavy atom. The van der Waals surface area contributed by atoms with Crippen molar-refractivity contribution in [3.63, 3.8) is 0 Å². The minimum atomic E-state index is -0.242. The molecular formula is C16H19N3O2S. The Labute approximate surface area is 133 Å². The zero-order valence-corrected chi connectivity index (χ0v) is 13.4. The molecule has 0 radical (unpaired) electrons. The second kappa shape index (κ2) is 7.70. The molecule has 0 aliphatic heterocycles. The third kappa shape index (κ3) is 4.14. The summed E-state index contributed by atoms with van der Waals surface area (Å²) in [7, 11) is 0. The number of rotatable bonds is 6. The van der Waals surface area contributed by atoms with E-state index < -0.39 is 0 Å². The SMILES string of the molecule is CCC(CC)C(=O)Nc1cccc(C(=O)Nc2nccs2)c1. The van der Waals surface area contributed by atoms with Gasteiger partial charge in [0.25, 0.3) is 5.91 Å². The molecule has 22 heavy (non-hydrogen) atoms. The Balaban J connectivity index is 2.06. The van der Waals surface area contributed by atoms with Crippen molar-refractivity contribution in [1.82, 2.24) is 4.98 Å². The topological polar surface area (TPSA) is 71.1 Å². The van der Waals surface area contributed by atoms with Gasteiger partial charge in [-0.05, 0) is 31.0 Å². The normalized spacial score (nSPS) is 10.5. The number of nitrogens with one attached hydrogen (secondary N) is 2. The van der Waals surface area contributed by atoms with Crippen LogP contribution >= 0.6 is 11.3 Å². The summed E-state index contributed by atoms with van der Waals surface area (Å²) < 4.78 is 0. The van der Waals surface area contributed by atoms with Crippen LogP contribution in [0.2, 0.25) is 0 Å². The van der Waals surface area contributed by atoms with Gasteiger partial charge in [-0.15, -0.1) is 11.3 Å². The molecule has 1 aromatic heterocycles. The van der Waals surface area contributed by atoms with E-state index in [1.807, 2.05) is 13.8 Å². The maximum Gasteiger partial charge on any atom is 0.257 e. The van der Waals surface area contributed by atoms with Gasteiger partial charge >= 0.3 is 0 Å². The number of thiazole rings is 1. The second-order valence-electron chi connectivity index (χ2n) is 4.87. The van der Waals surface area contributed by atoms with Crippen LogP contribution in [0.3, 0.4) is 0 Å². The summed E-state index contributed by atoms with van der Waals surface area (Å²) >= 11 is 1.36. The van der Waals surface area contributed by atoms with Gasteiger partial charge in [0.15, 0.2) is 5.13 Å². The quantitative estimate of drug-likeness (QED) is 0.852. The van der Waals surface area contributed by atoms with Crippen molar-refractivity contribution in [1.29, 1.82) is 0 Å². The number of hydrogen-bond acceptors (Lipinski definition) is 4. The summed E-state index contributed by atoms with van der Waals surface area (Å²) in [5.74, 6) is -0.260. The molecule has 0 unspecified atom stereocenters. The van der Waals surface area contributed by atoms with Crippen LogP contribution in [0.5, 0.6) is 0 Å². The predicted octanol–water partition coefficient (Wildman–Crippen LogP) is 3.77. The van der Waals surface area contributed by atoms with Gasteiger partial charge in [-0.3, -0.25) is 14.9 Å². The molecule has 2 N–H and O–H groups in total. The van der Waals surface area contributed by atoms with Crippen LogP contribution in [0, 0.1) is 5.92 Å². The number of benzene rings is 1. The highest BCUT2D eigenvalue weighted by Gasteiger charge is 2.15. The molecule has 6 heteroatoms. The van der Waals surface area contributed by atoms with E-state index in [9.17, 15) is 9.59 Å². The molecule has 2 rings (SSSR count). The summed E-state index contributed by atoms with van der Waals surface area (Å²) in [5, 5.41) is 7.93. The van der Waals surface area contributed by atoms with Crippen LogP contribution in [-0.2, 0) is 4.79 Å². The fourth-order valence-corrected chi connectivity index (χ4v) is 2.62. The number of carbonyl (C=O) groups is 2. The molecule has 2 aromatic rings. The van der Waals surface area contributed by atoms with Crippen molar-refractivity contribution >= 4 is 34.0 Å². The second-order valence-corrected chi connectivity index (χ2v) is 5.77. The van der Waals surface area contributed by atoms with Gasteiger partial charge in [0.2, 0.25) is 5.91 Å². The zero-order valence-electron chi connectivity index (χ0n) is 12.6. The maximum atomic E-state index is 12.1. The lowest BCUT2D eigenvalue weighted by Crippen LogP contribution is -2.22. The fourth-order valence-electron chi connectivity index (χ4n) is 2.10.